The van der Waals surface area contributed by atoms with Gasteiger partial charge in [0.2, 0.25) is 5.91 Å². The summed E-state index contributed by atoms with van der Waals surface area (Å²) in [5.74, 6) is 0.189. The van der Waals surface area contributed by atoms with E-state index in [2.05, 4.69) is 15.7 Å². The molecule has 1 aliphatic heterocycles. The lowest BCUT2D eigenvalue weighted by Crippen LogP contribution is -2.43. The number of hydrogen-bond acceptors (Lipinski definition) is 4. The summed E-state index contributed by atoms with van der Waals surface area (Å²) in [7, 11) is 0. The van der Waals surface area contributed by atoms with Gasteiger partial charge in [0, 0.05) is 42.2 Å². The predicted octanol–water partition coefficient (Wildman–Crippen LogP) is 4.60. The highest BCUT2D eigenvalue weighted by atomic mass is 32.1. The van der Waals surface area contributed by atoms with Crippen LogP contribution in [0.15, 0.2) is 47.8 Å². The van der Waals surface area contributed by atoms with Crippen LogP contribution in [0.3, 0.4) is 0 Å². The van der Waals surface area contributed by atoms with Gasteiger partial charge in [-0.25, -0.2) is 4.98 Å². The second-order valence-electron chi connectivity index (χ2n) is 8.22. The van der Waals surface area contributed by atoms with Gasteiger partial charge in [-0.05, 0) is 55.9 Å². The Morgan fingerprint density at radius 2 is 1.87 bits per heavy atom. The molecule has 0 aliphatic carbocycles. The standard InChI is InChI=1S/C25H29N3O2S/c1-18-17-31-23(27-18)11-4-5-14-26-24(29)20-12-15-28(16-13-20)25(30)22-10-6-8-19-7-2-3-9-21(19)22/h2-3,6-10,17,20H,4-5,11-16H2,1H3,(H,26,29). The number of aromatic nitrogens is 1. The summed E-state index contributed by atoms with van der Waals surface area (Å²) in [4.78, 5) is 32.0. The van der Waals surface area contributed by atoms with Gasteiger partial charge in [0.15, 0.2) is 0 Å². The molecule has 1 fully saturated rings. The van der Waals surface area contributed by atoms with Crippen molar-refractivity contribution in [2.24, 2.45) is 5.92 Å². The van der Waals surface area contributed by atoms with Crippen molar-refractivity contribution in [3.05, 3.63) is 64.1 Å². The summed E-state index contributed by atoms with van der Waals surface area (Å²) in [6.07, 6.45) is 4.42. The molecule has 6 heteroatoms. The smallest absolute Gasteiger partial charge is 0.254 e. The summed E-state index contributed by atoms with van der Waals surface area (Å²) in [6.45, 7) is 3.98. The highest BCUT2D eigenvalue weighted by molar-refractivity contribution is 7.09. The van der Waals surface area contributed by atoms with E-state index in [0.29, 0.717) is 19.6 Å². The van der Waals surface area contributed by atoms with Crippen LogP contribution in [0.5, 0.6) is 0 Å². The quantitative estimate of drug-likeness (QED) is 0.552. The third kappa shape index (κ3) is 5.31. The minimum absolute atomic E-state index is 0.00169. The predicted molar refractivity (Wildman–Crippen MR) is 125 cm³/mol. The van der Waals surface area contributed by atoms with Crippen LogP contribution < -0.4 is 5.32 Å². The van der Waals surface area contributed by atoms with Gasteiger partial charge in [0.05, 0.1) is 5.01 Å². The maximum absolute atomic E-state index is 13.1. The van der Waals surface area contributed by atoms with Crippen LogP contribution in [0.1, 0.15) is 46.7 Å². The van der Waals surface area contributed by atoms with Crippen molar-refractivity contribution in [1.82, 2.24) is 15.2 Å². The summed E-state index contributed by atoms with van der Waals surface area (Å²) in [6, 6.07) is 13.8. The SMILES string of the molecule is Cc1csc(CCCCNC(=O)C2CCN(C(=O)c3cccc4ccccc34)CC2)n1. The molecule has 3 aromatic rings. The number of hydrogen-bond donors (Lipinski definition) is 1. The van der Waals surface area contributed by atoms with E-state index in [1.165, 1.54) is 5.01 Å². The number of unbranched alkanes of at least 4 members (excludes halogenated alkanes) is 1. The van der Waals surface area contributed by atoms with E-state index in [9.17, 15) is 9.59 Å². The van der Waals surface area contributed by atoms with Gasteiger partial charge in [-0.3, -0.25) is 9.59 Å². The Hall–Kier alpha value is -2.73. The van der Waals surface area contributed by atoms with Crippen molar-refractivity contribution < 1.29 is 9.59 Å². The zero-order chi connectivity index (χ0) is 21.6. The van der Waals surface area contributed by atoms with E-state index in [1.54, 1.807) is 11.3 Å². The largest absolute Gasteiger partial charge is 0.356 e. The number of thiazole rings is 1. The maximum Gasteiger partial charge on any atom is 0.254 e. The van der Waals surface area contributed by atoms with Gasteiger partial charge in [0.1, 0.15) is 0 Å². The van der Waals surface area contributed by atoms with E-state index in [-0.39, 0.29) is 17.7 Å². The van der Waals surface area contributed by atoms with Gasteiger partial charge in [-0.1, -0.05) is 36.4 Å². The van der Waals surface area contributed by atoms with Crippen molar-refractivity contribution in [1.29, 1.82) is 0 Å². The van der Waals surface area contributed by atoms with Gasteiger partial charge in [-0.15, -0.1) is 11.3 Å². The molecule has 0 bridgehead atoms. The first-order chi connectivity index (χ1) is 15.1. The van der Waals surface area contributed by atoms with E-state index < -0.39 is 0 Å². The molecule has 0 saturated carbocycles. The first kappa shape index (κ1) is 21.5. The Balaban J connectivity index is 1.21. The molecule has 0 spiro atoms. The van der Waals surface area contributed by atoms with Crippen LogP contribution in [-0.4, -0.2) is 41.3 Å². The number of nitrogens with zero attached hydrogens (tertiary/aromatic N) is 2. The molecule has 4 rings (SSSR count). The van der Waals surface area contributed by atoms with Crippen LogP contribution in [0.25, 0.3) is 10.8 Å². The molecule has 1 aromatic heterocycles. The Kier molecular flexibility index (Phi) is 6.97. The Morgan fingerprint density at radius 1 is 1.10 bits per heavy atom. The molecule has 2 amide bonds. The van der Waals surface area contributed by atoms with Crippen molar-refractivity contribution in [3.8, 4) is 0 Å². The second kappa shape index (κ2) is 10.1. The number of fused-ring (bicyclic) bond motifs is 1. The zero-order valence-electron chi connectivity index (χ0n) is 18.0. The molecule has 5 nitrogen and oxygen atoms in total. The number of likely N-dealkylation sites (tertiary alicyclic amines) is 1. The fraction of sp³-hybridized carbons (Fsp3) is 0.400. The molecule has 2 aromatic carbocycles. The molecule has 1 aliphatic rings. The first-order valence-electron chi connectivity index (χ1n) is 11.1. The molecule has 162 valence electrons. The number of benzene rings is 2. The lowest BCUT2D eigenvalue weighted by atomic mass is 9.94. The number of amides is 2. The van der Waals surface area contributed by atoms with Crippen molar-refractivity contribution in [3.63, 3.8) is 0 Å². The topological polar surface area (TPSA) is 62.3 Å². The summed E-state index contributed by atoms with van der Waals surface area (Å²) < 4.78 is 0. The van der Waals surface area contributed by atoms with Gasteiger partial charge < -0.3 is 10.2 Å². The number of carbonyl (C=O) groups is 2. The normalized spacial score (nSPS) is 14.7. The zero-order valence-corrected chi connectivity index (χ0v) is 18.8. The molecule has 31 heavy (non-hydrogen) atoms. The highest BCUT2D eigenvalue weighted by Gasteiger charge is 2.28. The summed E-state index contributed by atoms with van der Waals surface area (Å²) >= 11 is 1.71. The van der Waals surface area contributed by atoms with Crippen LogP contribution in [-0.2, 0) is 11.2 Å². The van der Waals surface area contributed by atoms with Gasteiger partial charge in [-0.2, -0.15) is 0 Å². The molecule has 0 atom stereocenters. The number of aryl methyl sites for hydroxylation is 2. The number of nitrogens with one attached hydrogen (secondary N) is 1. The fourth-order valence-corrected chi connectivity index (χ4v) is 5.02. The lowest BCUT2D eigenvalue weighted by Gasteiger charge is -2.31. The minimum atomic E-state index is -0.00169. The minimum Gasteiger partial charge on any atom is -0.356 e. The first-order valence-corrected chi connectivity index (χ1v) is 12.0. The molecule has 0 radical (unpaired) electrons. The lowest BCUT2D eigenvalue weighted by molar-refractivity contribution is -0.126. The average molecular weight is 436 g/mol. The molecular formula is C25H29N3O2S. The van der Waals surface area contributed by atoms with Crippen LogP contribution in [0.2, 0.25) is 0 Å². The van der Waals surface area contributed by atoms with Crippen LogP contribution in [0, 0.1) is 12.8 Å². The summed E-state index contributed by atoms with van der Waals surface area (Å²) in [5.41, 5.74) is 1.83. The molecule has 1 N–H and O–H groups in total. The molecular weight excluding hydrogens is 406 g/mol. The number of carbonyl (C=O) groups excluding carboxylic acids is 2. The third-order valence-electron chi connectivity index (χ3n) is 5.96. The van der Waals surface area contributed by atoms with E-state index >= 15 is 0 Å². The van der Waals surface area contributed by atoms with Crippen molar-refractivity contribution in [2.45, 2.75) is 39.0 Å². The average Bonchev–Trinajstić information content (AvgIpc) is 3.23. The highest BCUT2D eigenvalue weighted by Crippen LogP contribution is 2.23. The molecule has 2 heterocycles. The summed E-state index contributed by atoms with van der Waals surface area (Å²) in [5, 5.41) is 8.40. The van der Waals surface area contributed by atoms with Crippen LogP contribution >= 0.6 is 11.3 Å². The number of piperidine rings is 1. The molecule has 0 unspecified atom stereocenters. The van der Waals surface area contributed by atoms with Gasteiger partial charge >= 0.3 is 0 Å². The maximum atomic E-state index is 13.1. The second-order valence-corrected chi connectivity index (χ2v) is 9.17. The molecule has 1 saturated heterocycles. The van der Waals surface area contributed by atoms with Crippen molar-refractivity contribution >= 4 is 33.9 Å². The van der Waals surface area contributed by atoms with Crippen molar-refractivity contribution in [2.75, 3.05) is 19.6 Å². The van der Waals surface area contributed by atoms with Gasteiger partial charge in [0.25, 0.3) is 5.91 Å². The number of rotatable bonds is 7. The van der Waals surface area contributed by atoms with Crippen LogP contribution in [0.4, 0.5) is 0 Å². The fourth-order valence-electron chi connectivity index (χ4n) is 4.20. The Labute approximate surface area is 187 Å². The monoisotopic (exact) mass is 435 g/mol. The van der Waals surface area contributed by atoms with E-state index in [4.69, 9.17) is 0 Å². The Bertz CT molecular complexity index is 1050. The van der Waals surface area contributed by atoms with E-state index in [1.807, 2.05) is 54.3 Å². The van der Waals surface area contributed by atoms with E-state index in [0.717, 1.165) is 54.1 Å². The third-order valence-corrected chi connectivity index (χ3v) is 6.98. The Morgan fingerprint density at radius 3 is 2.65 bits per heavy atom.